The van der Waals surface area contributed by atoms with Gasteiger partial charge in [-0.05, 0) is 36.2 Å². The Morgan fingerprint density at radius 1 is 1.03 bits per heavy atom. The Bertz CT molecular complexity index is 912. The van der Waals surface area contributed by atoms with Gasteiger partial charge in [0, 0.05) is 43.1 Å². The first-order chi connectivity index (χ1) is 13.9. The zero-order valence-corrected chi connectivity index (χ0v) is 18.8. The molecule has 1 fully saturated rings. The van der Waals surface area contributed by atoms with Crippen LogP contribution in [0.1, 0.15) is 24.8 Å². The zero-order chi connectivity index (χ0) is 20.9. The highest BCUT2D eigenvalue weighted by Gasteiger charge is 2.30. The Morgan fingerprint density at radius 3 is 2.24 bits per heavy atom. The van der Waals surface area contributed by atoms with E-state index in [0.29, 0.717) is 32.7 Å². The Kier molecular flexibility index (Phi) is 7.32. The molecular weight excluding hydrogens is 454 g/mol. The summed E-state index contributed by atoms with van der Waals surface area (Å²) in [4.78, 5) is 14.5. The third-order valence-corrected chi connectivity index (χ3v) is 7.68. The summed E-state index contributed by atoms with van der Waals surface area (Å²) in [6.45, 7) is 4.02. The predicted octanol–water partition coefficient (Wildman–Crippen LogP) is 3.66. The maximum atomic E-state index is 12.8. The molecule has 0 bridgehead atoms. The fourth-order valence-corrected chi connectivity index (χ4v) is 5.12. The van der Waals surface area contributed by atoms with Gasteiger partial charge in [-0.2, -0.15) is 4.31 Å². The van der Waals surface area contributed by atoms with Gasteiger partial charge in [0.15, 0.2) is 0 Å². The maximum Gasteiger partial charge on any atom is 0.317 e. The molecule has 1 atom stereocenters. The van der Waals surface area contributed by atoms with Gasteiger partial charge in [-0.3, -0.25) is 0 Å². The van der Waals surface area contributed by atoms with Crippen molar-refractivity contribution in [2.24, 2.45) is 0 Å². The van der Waals surface area contributed by atoms with E-state index >= 15 is 0 Å². The average molecular weight is 480 g/mol. The van der Waals surface area contributed by atoms with Crippen molar-refractivity contribution in [2.45, 2.75) is 24.2 Å². The van der Waals surface area contributed by atoms with Crippen molar-refractivity contribution < 1.29 is 13.2 Å². The van der Waals surface area contributed by atoms with Crippen LogP contribution in [0.15, 0.2) is 64.0 Å². The molecule has 1 heterocycles. The van der Waals surface area contributed by atoms with Crippen molar-refractivity contribution in [2.75, 3.05) is 32.7 Å². The van der Waals surface area contributed by atoms with E-state index in [1.54, 1.807) is 29.2 Å². The Morgan fingerprint density at radius 2 is 1.66 bits per heavy atom. The van der Waals surface area contributed by atoms with Crippen LogP contribution in [0, 0.1) is 0 Å². The summed E-state index contributed by atoms with van der Waals surface area (Å²) in [6, 6.07) is 16.6. The highest BCUT2D eigenvalue weighted by atomic mass is 79.9. The summed E-state index contributed by atoms with van der Waals surface area (Å²) in [7, 11) is -3.54. The van der Waals surface area contributed by atoms with Gasteiger partial charge in [0.2, 0.25) is 10.0 Å². The first-order valence-corrected chi connectivity index (χ1v) is 12.0. The molecule has 0 aromatic heterocycles. The van der Waals surface area contributed by atoms with Crippen molar-refractivity contribution in [3.05, 3.63) is 64.6 Å². The summed E-state index contributed by atoms with van der Waals surface area (Å²) < 4.78 is 27.8. The molecule has 1 aliphatic rings. The Balaban J connectivity index is 1.53. The maximum absolute atomic E-state index is 12.8. The molecule has 0 saturated carbocycles. The molecule has 2 aromatic carbocycles. The Hall–Kier alpha value is -1.90. The van der Waals surface area contributed by atoms with E-state index in [2.05, 4.69) is 40.3 Å². The Labute approximate surface area is 181 Å². The molecule has 2 amide bonds. The predicted molar refractivity (Wildman–Crippen MR) is 117 cm³/mol. The molecule has 8 heteroatoms. The fourth-order valence-electron chi connectivity index (χ4n) is 3.43. The lowest BCUT2D eigenvalue weighted by atomic mass is 9.97. The zero-order valence-electron chi connectivity index (χ0n) is 16.4. The largest absolute Gasteiger partial charge is 0.337 e. The van der Waals surface area contributed by atoms with Gasteiger partial charge in [0.1, 0.15) is 0 Å². The number of hydrogen-bond donors (Lipinski definition) is 1. The number of halogens is 1. The van der Waals surface area contributed by atoms with E-state index in [4.69, 9.17) is 0 Å². The van der Waals surface area contributed by atoms with E-state index in [9.17, 15) is 13.2 Å². The second-order valence-corrected chi connectivity index (χ2v) is 9.90. The van der Waals surface area contributed by atoms with Crippen molar-refractivity contribution in [1.82, 2.24) is 14.5 Å². The molecule has 2 aromatic rings. The minimum absolute atomic E-state index is 0.139. The number of carbonyl (C=O) groups is 1. The van der Waals surface area contributed by atoms with E-state index in [1.807, 2.05) is 18.2 Å². The van der Waals surface area contributed by atoms with Crippen LogP contribution in [-0.2, 0) is 10.0 Å². The summed E-state index contributed by atoms with van der Waals surface area (Å²) in [5, 5.41) is 3.01. The molecule has 29 heavy (non-hydrogen) atoms. The molecule has 3 rings (SSSR count). The van der Waals surface area contributed by atoms with Crippen LogP contribution in [0.25, 0.3) is 0 Å². The van der Waals surface area contributed by atoms with Gasteiger partial charge in [-0.1, -0.05) is 53.2 Å². The number of piperazine rings is 1. The van der Waals surface area contributed by atoms with Gasteiger partial charge in [0.05, 0.1) is 4.90 Å². The van der Waals surface area contributed by atoms with E-state index in [1.165, 1.54) is 9.87 Å². The van der Waals surface area contributed by atoms with Crippen molar-refractivity contribution in [1.29, 1.82) is 0 Å². The first-order valence-electron chi connectivity index (χ1n) is 9.75. The smallest absolute Gasteiger partial charge is 0.317 e. The number of nitrogens with zero attached hydrogens (tertiary/aromatic N) is 2. The molecule has 6 nitrogen and oxygen atoms in total. The van der Waals surface area contributed by atoms with E-state index < -0.39 is 10.0 Å². The SMILES string of the molecule is CC[C@@H](CNC(=O)N1CCN(S(=O)(=O)c2ccc(Br)cc2)CC1)c1ccccc1. The third-order valence-electron chi connectivity index (χ3n) is 5.24. The van der Waals surface area contributed by atoms with E-state index in [-0.39, 0.29) is 16.8 Å². The molecule has 0 spiro atoms. The molecule has 0 unspecified atom stereocenters. The molecule has 0 aliphatic carbocycles. The number of benzene rings is 2. The fraction of sp³-hybridized carbons (Fsp3) is 0.381. The lowest BCUT2D eigenvalue weighted by Gasteiger charge is -2.34. The van der Waals surface area contributed by atoms with Gasteiger partial charge >= 0.3 is 6.03 Å². The average Bonchev–Trinajstić information content (AvgIpc) is 2.75. The van der Waals surface area contributed by atoms with Crippen LogP contribution in [-0.4, -0.2) is 56.4 Å². The van der Waals surface area contributed by atoms with Crippen LogP contribution in [0.5, 0.6) is 0 Å². The number of nitrogens with one attached hydrogen (secondary N) is 1. The molecule has 1 aliphatic heterocycles. The van der Waals surface area contributed by atoms with Crippen molar-refractivity contribution in [3.63, 3.8) is 0 Å². The van der Waals surface area contributed by atoms with Crippen molar-refractivity contribution in [3.8, 4) is 0 Å². The molecular formula is C21H26BrN3O3S. The van der Waals surface area contributed by atoms with Crippen LogP contribution in [0.4, 0.5) is 4.79 Å². The molecule has 1 N–H and O–H groups in total. The summed E-state index contributed by atoms with van der Waals surface area (Å²) in [5.74, 6) is 0.263. The number of hydrogen-bond acceptors (Lipinski definition) is 3. The molecule has 0 radical (unpaired) electrons. The summed E-state index contributed by atoms with van der Waals surface area (Å²) in [5.41, 5.74) is 1.21. The first kappa shape index (κ1) is 21.8. The van der Waals surface area contributed by atoms with Crippen LogP contribution in [0.2, 0.25) is 0 Å². The van der Waals surface area contributed by atoms with Gasteiger partial charge in [-0.15, -0.1) is 0 Å². The standard InChI is InChI=1S/C21H26BrN3O3S/c1-2-17(18-6-4-3-5-7-18)16-23-21(26)24-12-14-25(15-13-24)29(27,28)20-10-8-19(22)9-11-20/h3-11,17H,2,12-16H2,1H3,(H,23,26)/t17-/m0/s1. The van der Waals surface area contributed by atoms with Crippen molar-refractivity contribution >= 4 is 32.0 Å². The number of urea groups is 1. The lowest BCUT2D eigenvalue weighted by molar-refractivity contribution is 0.171. The number of rotatable bonds is 6. The topological polar surface area (TPSA) is 69.7 Å². The number of amides is 2. The highest BCUT2D eigenvalue weighted by Crippen LogP contribution is 2.21. The second-order valence-electron chi connectivity index (χ2n) is 7.05. The van der Waals surface area contributed by atoms with Gasteiger partial charge in [0.25, 0.3) is 0 Å². The summed E-state index contributed by atoms with van der Waals surface area (Å²) >= 11 is 3.32. The minimum Gasteiger partial charge on any atom is -0.337 e. The summed E-state index contributed by atoms with van der Waals surface area (Å²) in [6.07, 6.45) is 0.934. The monoisotopic (exact) mass is 479 g/mol. The van der Waals surface area contributed by atoms with Gasteiger partial charge < -0.3 is 10.2 Å². The van der Waals surface area contributed by atoms with Crippen LogP contribution < -0.4 is 5.32 Å². The normalized spacial score (nSPS) is 16.4. The minimum atomic E-state index is -3.54. The lowest BCUT2D eigenvalue weighted by Crippen LogP contribution is -2.53. The molecule has 156 valence electrons. The second kappa shape index (κ2) is 9.73. The van der Waals surface area contributed by atoms with E-state index in [0.717, 1.165) is 10.9 Å². The number of carbonyl (C=O) groups excluding carboxylic acids is 1. The molecule has 1 saturated heterocycles. The highest BCUT2D eigenvalue weighted by molar-refractivity contribution is 9.10. The number of sulfonamides is 1. The third kappa shape index (κ3) is 5.38. The van der Waals surface area contributed by atoms with Crippen LogP contribution >= 0.6 is 15.9 Å². The van der Waals surface area contributed by atoms with Crippen LogP contribution in [0.3, 0.4) is 0 Å². The van der Waals surface area contributed by atoms with Gasteiger partial charge in [-0.25, -0.2) is 13.2 Å². The quantitative estimate of drug-likeness (QED) is 0.686.